The average Bonchev–Trinajstić information content (AvgIpc) is 2.32. The fraction of sp³-hybridized carbons (Fsp3) is 0.500. The molecule has 0 fully saturated rings. The quantitative estimate of drug-likeness (QED) is 0.609. The first-order chi connectivity index (χ1) is 8.15. The first kappa shape index (κ1) is 13.7. The van der Waals surface area contributed by atoms with Crippen molar-refractivity contribution in [3.8, 4) is 5.75 Å². The van der Waals surface area contributed by atoms with Gasteiger partial charge < -0.3 is 10.5 Å². The molecule has 1 atom stereocenters. The average molecular weight is 235 g/mol. The van der Waals surface area contributed by atoms with Crippen LogP contribution in [0, 0.1) is 0 Å². The van der Waals surface area contributed by atoms with Gasteiger partial charge in [0.25, 0.3) is 0 Å². The fourth-order valence-corrected chi connectivity index (χ4v) is 1.53. The van der Waals surface area contributed by atoms with Crippen molar-refractivity contribution in [2.75, 3.05) is 0 Å². The van der Waals surface area contributed by atoms with Gasteiger partial charge in [0.2, 0.25) is 0 Å². The molecule has 0 saturated heterocycles. The number of hydrogen-bond donors (Lipinski definition) is 1. The van der Waals surface area contributed by atoms with E-state index in [0.29, 0.717) is 12.2 Å². The third-order valence-electron chi connectivity index (χ3n) is 2.63. The van der Waals surface area contributed by atoms with E-state index < -0.39 is 0 Å². The molecule has 3 heteroatoms. The van der Waals surface area contributed by atoms with Crippen molar-refractivity contribution in [3.63, 3.8) is 0 Å². The van der Waals surface area contributed by atoms with Gasteiger partial charge in [0.05, 0.1) is 0 Å². The van der Waals surface area contributed by atoms with Crippen LogP contribution in [0.5, 0.6) is 5.75 Å². The SMILES string of the molecule is CCCC(=O)Oc1ccc(CC(N)CC)cc1. The Morgan fingerprint density at radius 3 is 2.47 bits per heavy atom. The van der Waals surface area contributed by atoms with Crippen molar-refractivity contribution in [2.24, 2.45) is 5.73 Å². The molecule has 0 saturated carbocycles. The van der Waals surface area contributed by atoms with E-state index in [1.807, 2.05) is 31.2 Å². The second kappa shape index (κ2) is 7.07. The van der Waals surface area contributed by atoms with Gasteiger partial charge in [-0.2, -0.15) is 0 Å². The predicted octanol–water partition coefficient (Wildman–Crippen LogP) is 2.67. The zero-order valence-electron chi connectivity index (χ0n) is 10.6. The summed E-state index contributed by atoms with van der Waals surface area (Å²) in [4.78, 5) is 11.3. The molecule has 0 amide bonds. The topological polar surface area (TPSA) is 52.3 Å². The normalized spacial score (nSPS) is 12.2. The Morgan fingerprint density at radius 2 is 1.94 bits per heavy atom. The maximum atomic E-state index is 11.3. The summed E-state index contributed by atoms with van der Waals surface area (Å²) in [6, 6.07) is 7.77. The Bertz CT molecular complexity index is 346. The van der Waals surface area contributed by atoms with E-state index in [1.165, 1.54) is 5.56 Å². The molecule has 0 spiro atoms. The van der Waals surface area contributed by atoms with Gasteiger partial charge in [0.15, 0.2) is 0 Å². The van der Waals surface area contributed by atoms with Crippen LogP contribution in [0.3, 0.4) is 0 Å². The molecule has 94 valence electrons. The van der Waals surface area contributed by atoms with Crippen LogP contribution in [-0.4, -0.2) is 12.0 Å². The standard InChI is InChI=1S/C14H21NO2/c1-3-5-14(16)17-13-8-6-11(7-9-13)10-12(15)4-2/h6-9,12H,3-5,10,15H2,1-2H3. The summed E-state index contributed by atoms with van der Waals surface area (Å²) in [6.45, 7) is 4.03. The molecule has 3 nitrogen and oxygen atoms in total. The molecule has 0 aliphatic heterocycles. The highest BCUT2D eigenvalue weighted by Crippen LogP contribution is 2.14. The van der Waals surface area contributed by atoms with Crippen LogP contribution >= 0.6 is 0 Å². The van der Waals surface area contributed by atoms with E-state index >= 15 is 0 Å². The van der Waals surface area contributed by atoms with Crippen LogP contribution in [0.15, 0.2) is 24.3 Å². The van der Waals surface area contributed by atoms with E-state index in [1.54, 1.807) is 0 Å². The third-order valence-corrected chi connectivity index (χ3v) is 2.63. The highest BCUT2D eigenvalue weighted by Gasteiger charge is 2.04. The number of rotatable bonds is 6. The summed E-state index contributed by atoms with van der Waals surface area (Å²) in [7, 11) is 0. The number of carbonyl (C=O) groups is 1. The van der Waals surface area contributed by atoms with Crippen molar-refractivity contribution in [3.05, 3.63) is 29.8 Å². The number of esters is 1. The van der Waals surface area contributed by atoms with Gasteiger partial charge in [-0.1, -0.05) is 26.0 Å². The molecule has 1 aromatic carbocycles. The minimum atomic E-state index is -0.175. The lowest BCUT2D eigenvalue weighted by Crippen LogP contribution is -2.21. The summed E-state index contributed by atoms with van der Waals surface area (Å²) in [6.07, 6.45) is 3.09. The van der Waals surface area contributed by atoms with Crippen LogP contribution < -0.4 is 10.5 Å². The number of hydrogen-bond acceptors (Lipinski definition) is 3. The predicted molar refractivity (Wildman–Crippen MR) is 69.0 cm³/mol. The molecule has 0 heterocycles. The molecule has 0 bridgehead atoms. The molecule has 0 aliphatic carbocycles. The van der Waals surface area contributed by atoms with Crippen LogP contribution in [-0.2, 0) is 11.2 Å². The van der Waals surface area contributed by atoms with E-state index in [0.717, 1.165) is 19.3 Å². The zero-order chi connectivity index (χ0) is 12.7. The van der Waals surface area contributed by atoms with E-state index in [4.69, 9.17) is 10.5 Å². The van der Waals surface area contributed by atoms with Crippen molar-refractivity contribution in [2.45, 2.75) is 45.6 Å². The summed E-state index contributed by atoms with van der Waals surface area (Å²) in [5, 5.41) is 0. The van der Waals surface area contributed by atoms with Crippen molar-refractivity contribution >= 4 is 5.97 Å². The zero-order valence-corrected chi connectivity index (χ0v) is 10.6. The second-order valence-corrected chi connectivity index (χ2v) is 4.24. The summed E-state index contributed by atoms with van der Waals surface area (Å²) >= 11 is 0. The molecule has 0 radical (unpaired) electrons. The van der Waals surface area contributed by atoms with Crippen molar-refractivity contribution < 1.29 is 9.53 Å². The van der Waals surface area contributed by atoms with Gasteiger partial charge in [-0.3, -0.25) is 4.79 Å². The van der Waals surface area contributed by atoms with Crippen molar-refractivity contribution in [1.82, 2.24) is 0 Å². The highest BCUT2D eigenvalue weighted by atomic mass is 16.5. The Hall–Kier alpha value is -1.35. The monoisotopic (exact) mass is 235 g/mol. The van der Waals surface area contributed by atoms with E-state index in [9.17, 15) is 4.79 Å². The number of ether oxygens (including phenoxy) is 1. The molecule has 17 heavy (non-hydrogen) atoms. The van der Waals surface area contributed by atoms with Crippen LogP contribution in [0.2, 0.25) is 0 Å². The third kappa shape index (κ3) is 5.00. The molecule has 1 aromatic rings. The second-order valence-electron chi connectivity index (χ2n) is 4.24. The van der Waals surface area contributed by atoms with Gasteiger partial charge in [0.1, 0.15) is 5.75 Å². The maximum Gasteiger partial charge on any atom is 0.311 e. The molecular weight excluding hydrogens is 214 g/mol. The first-order valence-electron chi connectivity index (χ1n) is 6.20. The number of carbonyl (C=O) groups excluding carboxylic acids is 1. The van der Waals surface area contributed by atoms with Crippen LogP contribution in [0.25, 0.3) is 0 Å². The van der Waals surface area contributed by atoms with Gasteiger partial charge in [-0.15, -0.1) is 0 Å². The maximum absolute atomic E-state index is 11.3. The Balaban J connectivity index is 2.52. The molecule has 0 aliphatic rings. The van der Waals surface area contributed by atoms with E-state index in [-0.39, 0.29) is 12.0 Å². The van der Waals surface area contributed by atoms with Gasteiger partial charge >= 0.3 is 5.97 Å². The molecule has 1 rings (SSSR count). The summed E-state index contributed by atoms with van der Waals surface area (Å²) in [5.74, 6) is 0.433. The molecule has 0 aromatic heterocycles. The fourth-order valence-electron chi connectivity index (χ4n) is 1.53. The Morgan fingerprint density at radius 1 is 1.29 bits per heavy atom. The van der Waals surface area contributed by atoms with Crippen molar-refractivity contribution in [1.29, 1.82) is 0 Å². The van der Waals surface area contributed by atoms with Gasteiger partial charge in [0, 0.05) is 12.5 Å². The summed E-state index contributed by atoms with van der Waals surface area (Å²) in [5.41, 5.74) is 7.05. The van der Waals surface area contributed by atoms with Gasteiger partial charge in [-0.05, 0) is 37.0 Å². The van der Waals surface area contributed by atoms with Crippen LogP contribution in [0.4, 0.5) is 0 Å². The Labute approximate surface area is 103 Å². The van der Waals surface area contributed by atoms with E-state index in [2.05, 4.69) is 6.92 Å². The molecular formula is C14H21NO2. The minimum Gasteiger partial charge on any atom is -0.427 e. The minimum absolute atomic E-state index is 0.175. The lowest BCUT2D eigenvalue weighted by molar-refractivity contribution is -0.134. The molecule has 1 unspecified atom stereocenters. The number of nitrogens with two attached hydrogens (primary N) is 1. The lowest BCUT2D eigenvalue weighted by Gasteiger charge is -2.09. The molecule has 2 N–H and O–H groups in total. The lowest BCUT2D eigenvalue weighted by atomic mass is 10.0. The number of benzene rings is 1. The highest BCUT2D eigenvalue weighted by molar-refractivity contribution is 5.72. The van der Waals surface area contributed by atoms with Crippen LogP contribution in [0.1, 0.15) is 38.7 Å². The first-order valence-corrected chi connectivity index (χ1v) is 6.20. The van der Waals surface area contributed by atoms with Gasteiger partial charge in [-0.25, -0.2) is 0 Å². The largest absolute Gasteiger partial charge is 0.427 e. The Kier molecular flexibility index (Phi) is 5.70. The smallest absolute Gasteiger partial charge is 0.311 e. The summed E-state index contributed by atoms with van der Waals surface area (Å²) < 4.78 is 5.17.